The third-order valence-electron chi connectivity index (χ3n) is 6.17. The summed E-state index contributed by atoms with van der Waals surface area (Å²) >= 11 is 0. The van der Waals surface area contributed by atoms with Gasteiger partial charge < -0.3 is 10.1 Å². The molecule has 1 heterocycles. The summed E-state index contributed by atoms with van der Waals surface area (Å²) in [5, 5.41) is 5.51. The molecular formula is C24H35FN2O5S. The van der Waals surface area contributed by atoms with Gasteiger partial charge in [-0.1, -0.05) is 26.7 Å². The molecule has 184 valence electrons. The molecule has 2 aliphatic rings. The van der Waals surface area contributed by atoms with Crippen molar-refractivity contribution in [3.63, 3.8) is 0 Å². The zero-order chi connectivity index (χ0) is 24.1. The average molecular weight is 483 g/mol. The second-order valence-corrected chi connectivity index (χ2v) is 12.0. The van der Waals surface area contributed by atoms with E-state index in [-0.39, 0.29) is 34.3 Å². The van der Waals surface area contributed by atoms with Gasteiger partial charge in [0.1, 0.15) is 0 Å². The summed E-state index contributed by atoms with van der Waals surface area (Å²) in [5.74, 6) is -0.605. The van der Waals surface area contributed by atoms with E-state index in [2.05, 4.69) is 10.6 Å². The van der Waals surface area contributed by atoms with E-state index < -0.39 is 21.1 Å². The Balaban J connectivity index is 1.42. The Hall–Kier alpha value is -2.00. The molecule has 3 rings (SSSR count). The number of unbranched alkanes of at least 4 members (excludes halogenated alkanes) is 2. The highest BCUT2D eigenvalue weighted by atomic mass is 32.2. The normalized spacial score (nSPS) is 19.4. The molecule has 33 heavy (non-hydrogen) atoms. The van der Waals surface area contributed by atoms with Crippen molar-refractivity contribution in [3.05, 3.63) is 24.0 Å². The molecule has 1 saturated heterocycles. The highest BCUT2D eigenvalue weighted by Gasteiger charge is 2.29. The van der Waals surface area contributed by atoms with Crippen LogP contribution >= 0.6 is 0 Å². The van der Waals surface area contributed by atoms with Crippen molar-refractivity contribution in [1.82, 2.24) is 10.6 Å². The zero-order valence-corrected chi connectivity index (χ0v) is 20.3. The molecule has 1 atom stereocenters. The number of carbonyl (C=O) groups excluding carboxylic acids is 2. The first-order valence-corrected chi connectivity index (χ1v) is 13.4. The van der Waals surface area contributed by atoms with Gasteiger partial charge in [0.2, 0.25) is 11.8 Å². The molecule has 2 fully saturated rings. The molecule has 7 nitrogen and oxygen atoms in total. The van der Waals surface area contributed by atoms with Gasteiger partial charge in [0.25, 0.3) is 0 Å². The van der Waals surface area contributed by atoms with Crippen LogP contribution in [-0.4, -0.2) is 45.2 Å². The number of rotatable bonds is 13. The van der Waals surface area contributed by atoms with Crippen molar-refractivity contribution in [2.75, 3.05) is 18.9 Å². The summed E-state index contributed by atoms with van der Waals surface area (Å²) in [5.41, 5.74) is -0.431. The maximum absolute atomic E-state index is 14.0. The lowest BCUT2D eigenvalue weighted by atomic mass is 9.89. The second kappa shape index (κ2) is 11.0. The standard InChI is InChI=1S/C24H35FN2O5S/c1-24(2,12-4-3-5-13-26-20-10-11-22(28)27-23(20)29)16-33(30,31)18-8-9-19(25)21(14-18)32-15-17-6-7-17/h8-9,14,17,20,26H,3-7,10-13,15-16H2,1-2H3,(H,27,28,29). The predicted molar refractivity (Wildman–Crippen MR) is 123 cm³/mol. The van der Waals surface area contributed by atoms with Crippen LogP contribution in [0.15, 0.2) is 23.1 Å². The van der Waals surface area contributed by atoms with Gasteiger partial charge in [0, 0.05) is 12.5 Å². The molecule has 0 spiro atoms. The van der Waals surface area contributed by atoms with Crippen LogP contribution in [0.5, 0.6) is 5.75 Å². The molecule has 1 unspecified atom stereocenters. The van der Waals surface area contributed by atoms with Gasteiger partial charge in [-0.2, -0.15) is 0 Å². The fourth-order valence-corrected chi connectivity index (χ4v) is 5.92. The van der Waals surface area contributed by atoms with Gasteiger partial charge in [-0.25, -0.2) is 12.8 Å². The fourth-order valence-electron chi connectivity index (χ4n) is 4.02. The van der Waals surface area contributed by atoms with Crippen molar-refractivity contribution in [2.45, 2.75) is 76.2 Å². The number of carbonyl (C=O) groups is 2. The van der Waals surface area contributed by atoms with Gasteiger partial charge in [0.15, 0.2) is 21.4 Å². The summed E-state index contributed by atoms with van der Waals surface area (Å²) in [6.45, 7) is 4.95. The van der Waals surface area contributed by atoms with Crippen molar-refractivity contribution in [3.8, 4) is 5.75 Å². The van der Waals surface area contributed by atoms with E-state index in [1.54, 1.807) is 0 Å². The van der Waals surface area contributed by atoms with Crippen LogP contribution in [0.1, 0.15) is 65.2 Å². The SMILES string of the molecule is CC(C)(CCCCCNC1CCC(=O)NC1=O)CS(=O)(=O)c1ccc(F)c(OCC2CC2)c1. The summed E-state index contributed by atoms with van der Waals surface area (Å²) < 4.78 is 45.5. The molecule has 2 N–H and O–H groups in total. The molecule has 0 bridgehead atoms. The van der Waals surface area contributed by atoms with Crippen molar-refractivity contribution < 1.29 is 27.1 Å². The first kappa shape index (κ1) is 25.6. The molecule has 9 heteroatoms. The van der Waals surface area contributed by atoms with E-state index in [4.69, 9.17) is 4.74 Å². The van der Waals surface area contributed by atoms with Gasteiger partial charge >= 0.3 is 0 Å². The van der Waals surface area contributed by atoms with E-state index in [1.807, 2.05) is 13.8 Å². The Morgan fingerprint density at radius 1 is 1.15 bits per heavy atom. The Bertz CT molecular complexity index is 960. The largest absolute Gasteiger partial charge is 0.490 e. The molecule has 1 aliphatic carbocycles. The number of hydrogen-bond acceptors (Lipinski definition) is 6. The van der Waals surface area contributed by atoms with E-state index in [1.165, 1.54) is 12.1 Å². The number of nitrogens with one attached hydrogen (secondary N) is 2. The predicted octanol–water partition coefficient (Wildman–Crippen LogP) is 3.37. The highest BCUT2D eigenvalue weighted by molar-refractivity contribution is 7.91. The number of amides is 2. The molecule has 0 aromatic heterocycles. The summed E-state index contributed by atoms with van der Waals surface area (Å²) in [7, 11) is -3.58. The number of imide groups is 1. The van der Waals surface area contributed by atoms with E-state index in [0.717, 1.165) is 44.6 Å². The first-order valence-electron chi connectivity index (χ1n) is 11.8. The molecule has 2 amide bonds. The Morgan fingerprint density at radius 2 is 1.91 bits per heavy atom. The van der Waals surface area contributed by atoms with Crippen LogP contribution in [0.25, 0.3) is 0 Å². The minimum atomic E-state index is -3.58. The third kappa shape index (κ3) is 8.07. The number of halogens is 1. The molecule has 1 saturated carbocycles. The van der Waals surface area contributed by atoms with Crippen LogP contribution in [0.2, 0.25) is 0 Å². The van der Waals surface area contributed by atoms with Crippen LogP contribution < -0.4 is 15.4 Å². The van der Waals surface area contributed by atoms with Gasteiger partial charge in [-0.15, -0.1) is 0 Å². The minimum absolute atomic E-state index is 0.00398. The lowest BCUT2D eigenvalue weighted by Crippen LogP contribution is -2.50. The van der Waals surface area contributed by atoms with Crippen molar-refractivity contribution in [2.24, 2.45) is 11.3 Å². The summed E-state index contributed by atoms with van der Waals surface area (Å²) in [6, 6.07) is 3.46. The van der Waals surface area contributed by atoms with Crippen LogP contribution in [0.4, 0.5) is 4.39 Å². The lowest BCUT2D eigenvalue weighted by molar-refractivity contribution is -0.134. The third-order valence-corrected chi connectivity index (χ3v) is 8.31. The second-order valence-electron chi connectivity index (χ2n) is 10.0. The number of hydrogen-bond donors (Lipinski definition) is 2. The maximum Gasteiger partial charge on any atom is 0.243 e. The lowest BCUT2D eigenvalue weighted by Gasteiger charge is -2.25. The number of piperidine rings is 1. The molecule has 1 aromatic rings. The quantitative estimate of drug-likeness (QED) is 0.254. The van der Waals surface area contributed by atoms with Crippen LogP contribution in [0.3, 0.4) is 0 Å². The van der Waals surface area contributed by atoms with Gasteiger partial charge in [-0.3, -0.25) is 14.9 Å². The molecule has 0 radical (unpaired) electrons. The van der Waals surface area contributed by atoms with E-state index in [0.29, 0.717) is 31.9 Å². The molecule has 1 aliphatic heterocycles. The topological polar surface area (TPSA) is 102 Å². The van der Waals surface area contributed by atoms with Gasteiger partial charge in [0.05, 0.1) is 23.3 Å². The van der Waals surface area contributed by atoms with Crippen LogP contribution in [0, 0.1) is 17.2 Å². The summed E-state index contributed by atoms with van der Waals surface area (Å²) in [6.07, 6.45) is 6.37. The summed E-state index contributed by atoms with van der Waals surface area (Å²) in [4.78, 5) is 23.0. The average Bonchev–Trinajstić information content (AvgIpc) is 3.55. The van der Waals surface area contributed by atoms with Crippen molar-refractivity contribution >= 4 is 21.7 Å². The number of sulfone groups is 1. The number of ether oxygens (including phenoxy) is 1. The number of benzene rings is 1. The smallest absolute Gasteiger partial charge is 0.243 e. The Morgan fingerprint density at radius 3 is 2.61 bits per heavy atom. The Kier molecular flexibility index (Phi) is 8.50. The van der Waals surface area contributed by atoms with Crippen LogP contribution in [-0.2, 0) is 19.4 Å². The zero-order valence-electron chi connectivity index (χ0n) is 19.5. The Labute approximate surface area is 195 Å². The highest BCUT2D eigenvalue weighted by Crippen LogP contribution is 2.32. The van der Waals surface area contributed by atoms with E-state index in [9.17, 15) is 22.4 Å². The maximum atomic E-state index is 14.0. The monoisotopic (exact) mass is 482 g/mol. The molecular weight excluding hydrogens is 447 g/mol. The minimum Gasteiger partial charge on any atom is -0.490 e. The van der Waals surface area contributed by atoms with Crippen molar-refractivity contribution in [1.29, 1.82) is 0 Å². The molecule has 1 aromatic carbocycles. The van der Waals surface area contributed by atoms with Gasteiger partial charge in [-0.05, 0) is 62.1 Å². The van der Waals surface area contributed by atoms with E-state index >= 15 is 0 Å². The first-order chi connectivity index (χ1) is 15.6. The fraction of sp³-hybridized carbons (Fsp3) is 0.667.